The SMILES string of the molecule is CC1CCC(CCNc2cc(C(C)C)ncn2)CC1. The van der Waals surface area contributed by atoms with Gasteiger partial charge in [0.05, 0.1) is 0 Å². The summed E-state index contributed by atoms with van der Waals surface area (Å²) in [4.78, 5) is 8.59. The van der Waals surface area contributed by atoms with Crippen LogP contribution in [-0.2, 0) is 0 Å². The maximum absolute atomic E-state index is 4.29. The molecule has 1 aliphatic carbocycles. The molecule has 0 unspecified atom stereocenters. The number of hydrogen-bond acceptors (Lipinski definition) is 3. The van der Waals surface area contributed by atoms with Crippen LogP contribution in [0.3, 0.4) is 0 Å². The molecule has 19 heavy (non-hydrogen) atoms. The molecule has 1 heterocycles. The number of nitrogens with zero attached hydrogens (tertiary/aromatic N) is 2. The van der Waals surface area contributed by atoms with Crippen molar-refractivity contribution in [3.63, 3.8) is 0 Å². The molecule has 3 heteroatoms. The lowest BCUT2D eigenvalue weighted by molar-refractivity contribution is 0.282. The Bertz CT molecular complexity index is 381. The van der Waals surface area contributed by atoms with E-state index >= 15 is 0 Å². The van der Waals surface area contributed by atoms with Crippen molar-refractivity contribution in [2.45, 2.75) is 58.8 Å². The van der Waals surface area contributed by atoms with Gasteiger partial charge in [-0.25, -0.2) is 9.97 Å². The Morgan fingerprint density at radius 2 is 1.95 bits per heavy atom. The van der Waals surface area contributed by atoms with E-state index in [9.17, 15) is 0 Å². The Morgan fingerprint density at radius 1 is 1.21 bits per heavy atom. The van der Waals surface area contributed by atoms with Crippen LogP contribution in [0.4, 0.5) is 5.82 Å². The molecule has 0 aliphatic heterocycles. The Hall–Kier alpha value is -1.12. The van der Waals surface area contributed by atoms with Gasteiger partial charge in [0.25, 0.3) is 0 Å². The van der Waals surface area contributed by atoms with Gasteiger partial charge in [-0.2, -0.15) is 0 Å². The van der Waals surface area contributed by atoms with E-state index in [1.807, 2.05) is 0 Å². The molecule has 1 aromatic heterocycles. The first-order chi connectivity index (χ1) is 9.15. The van der Waals surface area contributed by atoms with E-state index in [0.717, 1.165) is 29.9 Å². The van der Waals surface area contributed by atoms with Crippen LogP contribution in [-0.4, -0.2) is 16.5 Å². The van der Waals surface area contributed by atoms with E-state index in [0.29, 0.717) is 5.92 Å². The number of anilines is 1. The van der Waals surface area contributed by atoms with Crippen molar-refractivity contribution in [2.75, 3.05) is 11.9 Å². The Morgan fingerprint density at radius 3 is 2.63 bits per heavy atom. The first kappa shape index (κ1) is 14.3. The van der Waals surface area contributed by atoms with Crippen LogP contribution in [0.1, 0.15) is 64.5 Å². The van der Waals surface area contributed by atoms with Crippen LogP contribution in [0.5, 0.6) is 0 Å². The third-order valence-electron chi connectivity index (χ3n) is 4.27. The lowest BCUT2D eigenvalue weighted by atomic mass is 9.81. The number of rotatable bonds is 5. The second-order valence-corrected chi connectivity index (χ2v) is 6.32. The smallest absolute Gasteiger partial charge is 0.129 e. The third-order valence-corrected chi connectivity index (χ3v) is 4.27. The van der Waals surface area contributed by atoms with E-state index in [4.69, 9.17) is 0 Å². The largest absolute Gasteiger partial charge is 0.370 e. The second kappa shape index (κ2) is 6.88. The van der Waals surface area contributed by atoms with Gasteiger partial charge in [0.2, 0.25) is 0 Å². The molecule has 1 saturated carbocycles. The molecule has 0 atom stereocenters. The van der Waals surface area contributed by atoms with Crippen LogP contribution in [0.2, 0.25) is 0 Å². The summed E-state index contributed by atoms with van der Waals surface area (Å²) in [5.41, 5.74) is 1.11. The lowest BCUT2D eigenvalue weighted by Crippen LogP contribution is -2.16. The average Bonchev–Trinajstić information content (AvgIpc) is 2.41. The van der Waals surface area contributed by atoms with Gasteiger partial charge in [0.15, 0.2) is 0 Å². The first-order valence-corrected chi connectivity index (χ1v) is 7.71. The summed E-state index contributed by atoms with van der Waals surface area (Å²) < 4.78 is 0. The standard InChI is InChI=1S/C16H27N3/c1-12(2)15-10-16(19-11-18-15)17-9-8-14-6-4-13(3)5-7-14/h10-14H,4-9H2,1-3H3,(H,17,18,19). The first-order valence-electron chi connectivity index (χ1n) is 7.71. The minimum absolute atomic E-state index is 0.461. The molecular formula is C16H27N3. The molecule has 0 radical (unpaired) electrons. The predicted molar refractivity (Wildman–Crippen MR) is 80.3 cm³/mol. The summed E-state index contributed by atoms with van der Waals surface area (Å²) in [6, 6.07) is 2.08. The lowest BCUT2D eigenvalue weighted by Gasteiger charge is -2.26. The quantitative estimate of drug-likeness (QED) is 0.862. The molecule has 1 aromatic rings. The highest BCUT2D eigenvalue weighted by Crippen LogP contribution is 2.30. The van der Waals surface area contributed by atoms with E-state index in [-0.39, 0.29) is 0 Å². The van der Waals surface area contributed by atoms with Gasteiger partial charge >= 0.3 is 0 Å². The van der Waals surface area contributed by atoms with Gasteiger partial charge < -0.3 is 5.32 Å². The normalized spacial score (nSPS) is 23.6. The average molecular weight is 261 g/mol. The molecule has 0 amide bonds. The Kier molecular flexibility index (Phi) is 5.17. The molecule has 1 fully saturated rings. The summed E-state index contributed by atoms with van der Waals surface area (Å²) in [5, 5.41) is 3.45. The zero-order valence-electron chi connectivity index (χ0n) is 12.5. The van der Waals surface area contributed by atoms with Gasteiger partial charge in [-0.15, -0.1) is 0 Å². The van der Waals surface area contributed by atoms with Crippen LogP contribution < -0.4 is 5.32 Å². The molecule has 1 N–H and O–H groups in total. The highest BCUT2D eigenvalue weighted by Gasteiger charge is 2.17. The minimum atomic E-state index is 0.461. The van der Waals surface area contributed by atoms with Gasteiger partial charge in [-0.1, -0.05) is 46.5 Å². The number of hydrogen-bond donors (Lipinski definition) is 1. The van der Waals surface area contributed by atoms with Crippen LogP contribution in [0, 0.1) is 11.8 Å². The van der Waals surface area contributed by atoms with E-state index < -0.39 is 0 Å². The Labute approximate surface area is 117 Å². The topological polar surface area (TPSA) is 37.8 Å². The number of nitrogens with one attached hydrogen (secondary N) is 1. The molecule has 0 aromatic carbocycles. The summed E-state index contributed by atoms with van der Waals surface area (Å²) in [6.45, 7) is 7.74. The fourth-order valence-corrected chi connectivity index (χ4v) is 2.81. The van der Waals surface area contributed by atoms with Gasteiger partial charge in [0.1, 0.15) is 12.1 Å². The molecule has 0 bridgehead atoms. The van der Waals surface area contributed by atoms with E-state index in [2.05, 4.69) is 42.1 Å². The molecule has 0 spiro atoms. The second-order valence-electron chi connectivity index (χ2n) is 6.32. The molecular weight excluding hydrogens is 234 g/mol. The summed E-state index contributed by atoms with van der Waals surface area (Å²) in [6.07, 6.45) is 8.58. The predicted octanol–water partition coefficient (Wildman–Crippen LogP) is 4.23. The van der Waals surface area contributed by atoms with Gasteiger partial charge in [-0.3, -0.25) is 0 Å². The highest BCUT2D eigenvalue weighted by molar-refractivity contribution is 5.35. The van der Waals surface area contributed by atoms with Crippen molar-refractivity contribution in [1.82, 2.24) is 9.97 Å². The van der Waals surface area contributed by atoms with Crippen molar-refractivity contribution in [3.8, 4) is 0 Å². The van der Waals surface area contributed by atoms with Crippen molar-refractivity contribution in [1.29, 1.82) is 0 Å². The fourth-order valence-electron chi connectivity index (χ4n) is 2.81. The summed E-state index contributed by atoms with van der Waals surface area (Å²) in [7, 11) is 0. The van der Waals surface area contributed by atoms with Gasteiger partial charge in [-0.05, 0) is 24.2 Å². The molecule has 2 rings (SSSR count). The summed E-state index contributed by atoms with van der Waals surface area (Å²) >= 11 is 0. The zero-order valence-corrected chi connectivity index (χ0v) is 12.5. The third kappa shape index (κ3) is 4.48. The van der Waals surface area contributed by atoms with Crippen molar-refractivity contribution >= 4 is 5.82 Å². The zero-order chi connectivity index (χ0) is 13.7. The van der Waals surface area contributed by atoms with E-state index in [1.165, 1.54) is 32.1 Å². The summed E-state index contributed by atoms with van der Waals surface area (Å²) in [5.74, 6) is 3.29. The Balaban J connectivity index is 1.75. The van der Waals surface area contributed by atoms with Crippen molar-refractivity contribution in [3.05, 3.63) is 18.1 Å². The van der Waals surface area contributed by atoms with E-state index in [1.54, 1.807) is 6.33 Å². The maximum Gasteiger partial charge on any atom is 0.129 e. The van der Waals surface area contributed by atoms with Crippen LogP contribution >= 0.6 is 0 Å². The monoisotopic (exact) mass is 261 g/mol. The maximum atomic E-state index is 4.29. The fraction of sp³-hybridized carbons (Fsp3) is 0.750. The minimum Gasteiger partial charge on any atom is -0.370 e. The highest BCUT2D eigenvalue weighted by atomic mass is 15.0. The van der Waals surface area contributed by atoms with Crippen molar-refractivity contribution in [2.24, 2.45) is 11.8 Å². The molecule has 1 aliphatic rings. The molecule has 3 nitrogen and oxygen atoms in total. The molecule has 0 saturated heterocycles. The molecule has 106 valence electrons. The van der Waals surface area contributed by atoms with Crippen LogP contribution in [0.25, 0.3) is 0 Å². The van der Waals surface area contributed by atoms with Gasteiger partial charge in [0, 0.05) is 18.3 Å². The van der Waals surface area contributed by atoms with Crippen LogP contribution in [0.15, 0.2) is 12.4 Å². The van der Waals surface area contributed by atoms with Crippen molar-refractivity contribution < 1.29 is 0 Å². The number of aromatic nitrogens is 2.